The summed E-state index contributed by atoms with van der Waals surface area (Å²) in [4.78, 5) is 19.4. The van der Waals surface area contributed by atoms with Gasteiger partial charge in [0, 0.05) is 37.4 Å². The van der Waals surface area contributed by atoms with Crippen molar-refractivity contribution in [1.29, 1.82) is 0 Å². The fourth-order valence-corrected chi connectivity index (χ4v) is 4.22. The summed E-state index contributed by atoms with van der Waals surface area (Å²) in [5.41, 5.74) is 1.57. The molecule has 2 aliphatic carbocycles. The second-order valence-electron chi connectivity index (χ2n) is 7.92. The minimum atomic E-state index is 0.0193. The number of carbonyl (C=O) groups excluding carboxylic acids is 1. The number of aromatic nitrogens is 3. The smallest absolute Gasteiger partial charge is 0.276 e. The van der Waals surface area contributed by atoms with Crippen LogP contribution in [0, 0.1) is 5.92 Å². The zero-order chi connectivity index (χ0) is 17.5. The SMILES string of the molecule is O=C(c1noc2c1CCCC2)N1CCC[C@@H](Cc2nc(C3CC3)no2)C1. The summed E-state index contributed by atoms with van der Waals surface area (Å²) in [7, 11) is 0. The number of hydrogen-bond donors (Lipinski definition) is 0. The summed E-state index contributed by atoms with van der Waals surface area (Å²) >= 11 is 0. The Balaban J connectivity index is 1.26. The molecule has 2 aromatic rings. The molecule has 5 rings (SSSR count). The number of aryl methyl sites for hydroxylation is 1. The van der Waals surface area contributed by atoms with Crippen LogP contribution in [0.2, 0.25) is 0 Å². The Kier molecular flexibility index (Phi) is 4.02. The van der Waals surface area contributed by atoms with Gasteiger partial charge in [0.25, 0.3) is 5.91 Å². The Morgan fingerprint density at radius 2 is 1.96 bits per heavy atom. The molecule has 1 aliphatic heterocycles. The van der Waals surface area contributed by atoms with Crippen LogP contribution >= 0.6 is 0 Å². The van der Waals surface area contributed by atoms with Crippen molar-refractivity contribution < 1.29 is 13.8 Å². The van der Waals surface area contributed by atoms with Crippen LogP contribution in [-0.4, -0.2) is 39.2 Å². The van der Waals surface area contributed by atoms with Crippen molar-refractivity contribution in [2.45, 2.75) is 63.7 Å². The summed E-state index contributed by atoms with van der Waals surface area (Å²) < 4.78 is 10.8. The molecule has 7 nitrogen and oxygen atoms in total. The number of fused-ring (bicyclic) bond motifs is 1. The van der Waals surface area contributed by atoms with E-state index in [1.54, 1.807) is 0 Å². The van der Waals surface area contributed by atoms with Gasteiger partial charge in [0.15, 0.2) is 11.5 Å². The lowest BCUT2D eigenvalue weighted by Gasteiger charge is -2.31. The largest absolute Gasteiger partial charge is 0.360 e. The van der Waals surface area contributed by atoms with Crippen LogP contribution < -0.4 is 0 Å². The second-order valence-corrected chi connectivity index (χ2v) is 7.92. The number of rotatable bonds is 4. The zero-order valence-electron chi connectivity index (χ0n) is 14.9. The van der Waals surface area contributed by atoms with Crippen LogP contribution in [0.15, 0.2) is 9.05 Å². The molecule has 1 saturated carbocycles. The molecule has 1 atom stereocenters. The standard InChI is InChI=1S/C19H24N4O3/c24-19(17-14-5-1-2-6-15(14)25-21-17)23-9-3-4-12(11-23)10-16-20-18(22-26-16)13-7-8-13/h12-13H,1-11H2/t12-/m0/s1. The third kappa shape index (κ3) is 3.04. The van der Waals surface area contributed by atoms with Gasteiger partial charge in [0.05, 0.1) is 0 Å². The third-order valence-electron chi connectivity index (χ3n) is 5.85. The fourth-order valence-electron chi connectivity index (χ4n) is 4.22. The van der Waals surface area contributed by atoms with Gasteiger partial charge in [-0.25, -0.2) is 0 Å². The molecule has 0 N–H and O–H groups in total. The summed E-state index contributed by atoms with van der Waals surface area (Å²) in [6.45, 7) is 1.51. The predicted molar refractivity (Wildman–Crippen MR) is 91.7 cm³/mol. The number of amides is 1. The van der Waals surface area contributed by atoms with Gasteiger partial charge in [-0.3, -0.25) is 4.79 Å². The average molecular weight is 356 g/mol. The maximum atomic E-state index is 13.0. The van der Waals surface area contributed by atoms with E-state index in [0.29, 0.717) is 23.4 Å². The molecule has 0 aromatic carbocycles. The van der Waals surface area contributed by atoms with Crippen LogP contribution in [0.25, 0.3) is 0 Å². The van der Waals surface area contributed by atoms with E-state index in [-0.39, 0.29) is 5.91 Å². The molecule has 0 radical (unpaired) electrons. The summed E-state index contributed by atoms with van der Waals surface area (Å²) in [5, 5.41) is 8.20. The molecule has 1 amide bonds. The second kappa shape index (κ2) is 6.52. The summed E-state index contributed by atoms with van der Waals surface area (Å²) in [6.07, 6.45) is 9.22. The fraction of sp³-hybridized carbons (Fsp3) is 0.684. The molecule has 0 unspecified atom stereocenters. The van der Waals surface area contributed by atoms with Gasteiger partial charge in [-0.1, -0.05) is 10.3 Å². The van der Waals surface area contributed by atoms with Crippen LogP contribution in [0.4, 0.5) is 0 Å². The van der Waals surface area contributed by atoms with Crippen molar-refractivity contribution in [1.82, 2.24) is 20.2 Å². The lowest BCUT2D eigenvalue weighted by molar-refractivity contribution is 0.0656. The summed E-state index contributed by atoms with van der Waals surface area (Å²) in [5.74, 6) is 3.37. The molecule has 26 heavy (non-hydrogen) atoms. The highest BCUT2D eigenvalue weighted by Crippen LogP contribution is 2.38. The zero-order valence-corrected chi connectivity index (χ0v) is 14.9. The Labute approximate surface area is 152 Å². The molecule has 0 bridgehead atoms. The first-order chi connectivity index (χ1) is 12.8. The van der Waals surface area contributed by atoms with Gasteiger partial charge < -0.3 is 13.9 Å². The van der Waals surface area contributed by atoms with E-state index in [1.165, 1.54) is 12.8 Å². The van der Waals surface area contributed by atoms with E-state index < -0.39 is 0 Å². The Morgan fingerprint density at radius 3 is 2.85 bits per heavy atom. The van der Waals surface area contributed by atoms with E-state index in [9.17, 15) is 4.79 Å². The van der Waals surface area contributed by atoms with Crippen molar-refractivity contribution in [3.05, 3.63) is 28.7 Å². The molecular weight excluding hydrogens is 332 g/mol. The average Bonchev–Trinajstić information content (AvgIpc) is 3.27. The number of likely N-dealkylation sites (tertiary alicyclic amines) is 1. The number of carbonyl (C=O) groups is 1. The van der Waals surface area contributed by atoms with E-state index in [1.807, 2.05) is 4.90 Å². The molecule has 0 spiro atoms. The topological polar surface area (TPSA) is 85.3 Å². The molecule has 7 heteroatoms. The van der Waals surface area contributed by atoms with E-state index in [0.717, 1.165) is 75.2 Å². The van der Waals surface area contributed by atoms with Crippen molar-refractivity contribution in [2.24, 2.45) is 5.92 Å². The first kappa shape index (κ1) is 16.0. The van der Waals surface area contributed by atoms with Crippen molar-refractivity contribution in [3.8, 4) is 0 Å². The van der Waals surface area contributed by atoms with Crippen LogP contribution in [0.3, 0.4) is 0 Å². The number of hydrogen-bond acceptors (Lipinski definition) is 6. The van der Waals surface area contributed by atoms with Crippen molar-refractivity contribution in [2.75, 3.05) is 13.1 Å². The van der Waals surface area contributed by atoms with Gasteiger partial charge in [0.2, 0.25) is 5.89 Å². The Bertz CT molecular complexity index is 808. The molecular formula is C19H24N4O3. The highest BCUT2D eigenvalue weighted by molar-refractivity contribution is 5.94. The highest BCUT2D eigenvalue weighted by Gasteiger charge is 2.32. The molecule has 2 aromatic heterocycles. The summed E-state index contributed by atoms with van der Waals surface area (Å²) in [6, 6.07) is 0. The van der Waals surface area contributed by atoms with Crippen LogP contribution in [-0.2, 0) is 19.3 Å². The first-order valence-corrected chi connectivity index (χ1v) is 9.87. The maximum Gasteiger partial charge on any atom is 0.276 e. The van der Waals surface area contributed by atoms with E-state index in [4.69, 9.17) is 9.05 Å². The number of nitrogens with zero attached hydrogens (tertiary/aromatic N) is 4. The van der Waals surface area contributed by atoms with E-state index in [2.05, 4.69) is 15.3 Å². The molecule has 3 heterocycles. The highest BCUT2D eigenvalue weighted by atomic mass is 16.5. The van der Waals surface area contributed by atoms with Crippen LogP contribution in [0.1, 0.15) is 78.0 Å². The Morgan fingerprint density at radius 1 is 1.08 bits per heavy atom. The monoisotopic (exact) mass is 356 g/mol. The normalized spacial score (nSPS) is 23.1. The minimum absolute atomic E-state index is 0.0193. The lowest BCUT2D eigenvalue weighted by atomic mass is 9.93. The van der Waals surface area contributed by atoms with Crippen molar-refractivity contribution >= 4 is 5.91 Å². The molecule has 1 saturated heterocycles. The van der Waals surface area contributed by atoms with Gasteiger partial charge in [-0.2, -0.15) is 4.98 Å². The minimum Gasteiger partial charge on any atom is -0.360 e. The van der Waals surface area contributed by atoms with Crippen LogP contribution in [0.5, 0.6) is 0 Å². The first-order valence-electron chi connectivity index (χ1n) is 9.87. The van der Waals surface area contributed by atoms with Crippen molar-refractivity contribution in [3.63, 3.8) is 0 Å². The third-order valence-corrected chi connectivity index (χ3v) is 5.85. The lowest BCUT2D eigenvalue weighted by Crippen LogP contribution is -2.41. The van der Waals surface area contributed by atoms with Gasteiger partial charge in [-0.15, -0.1) is 0 Å². The maximum absolute atomic E-state index is 13.0. The van der Waals surface area contributed by atoms with Gasteiger partial charge >= 0.3 is 0 Å². The number of piperidine rings is 1. The van der Waals surface area contributed by atoms with E-state index >= 15 is 0 Å². The molecule has 138 valence electrons. The van der Waals surface area contributed by atoms with Gasteiger partial charge in [0.1, 0.15) is 5.76 Å². The molecule has 3 aliphatic rings. The molecule has 2 fully saturated rings. The predicted octanol–water partition coefficient (Wildman–Crippen LogP) is 2.91. The quantitative estimate of drug-likeness (QED) is 0.837. The van der Waals surface area contributed by atoms with Gasteiger partial charge in [-0.05, 0) is 50.9 Å². The Hall–Kier alpha value is -2.18.